The zero-order valence-electron chi connectivity index (χ0n) is 13.7. The highest BCUT2D eigenvalue weighted by Gasteiger charge is 2.27. The Kier molecular flexibility index (Phi) is 6.28. The first-order chi connectivity index (χ1) is 11.5. The van der Waals surface area contributed by atoms with Crippen molar-refractivity contribution in [2.75, 3.05) is 13.1 Å². The van der Waals surface area contributed by atoms with Gasteiger partial charge in [0.15, 0.2) is 0 Å². The third-order valence-electron chi connectivity index (χ3n) is 3.86. The van der Waals surface area contributed by atoms with Crippen molar-refractivity contribution in [3.05, 3.63) is 35.6 Å². The first-order valence-electron chi connectivity index (χ1n) is 8.08. The monoisotopic (exact) mass is 335 g/mol. The third-order valence-corrected chi connectivity index (χ3v) is 3.86. The van der Waals surface area contributed by atoms with E-state index in [0.717, 1.165) is 0 Å². The predicted molar refractivity (Wildman–Crippen MR) is 86.7 cm³/mol. The van der Waals surface area contributed by atoms with Crippen molar-refractivity contribution < 1.29 is 18.8 Å². The molecule has 0 aliphatic carbocycles. The van der Waals surface area contributed by atoms with E-state index in [1.54, 1.807) is 25.1 Å². The number of amides is 4. The molecule has 0 radical (unpaired) electrons. The molecule has 1 aromatic carbocycles. The Morgan fingerprint density at radius 1 is 1.25 bits per heavy atom. The molecule has 6 nitrogen and oxygen atoms in total. The first kappa shape index (κ1) is 17.9. The number of hydrogen-bond donors (Lipinski definition) is 2. The smallest absolute Gasteiger partial charge is 0.315 e. The van der Waals surface area contributed by atoms with E-state index in [9.17, 15) is 18.8 Å². The van der Waals surface area contributed by atoms with Gasteiger partial charge in [0.2, 0.25) is 11.8 Å². The summed E-state index contributed by atoms with van der Waals surface area (Å²) in [5.41, 5.74) is 0.552. The van der Waals surface area contributed by atoms with Gasteiger partial charge in [-0.1, -0.05) is 18.2 Å². The Labute approximate surface area is 140 Å². The standard InChI is InChI=1S/C17H22FN3O3/c1-12(11-13-5-2-3-6-14(13)18)20-17(24)19-9-4-10-21-15(22)7-8-16(21)23/h2-3,5-6,12H,4,7-11H2,1H3,(H2,19,20,24)/t12-/m0/s1. The first-order valence-corrected chi connectivity index (χ1v) is 8.08. The lowest BCUT2D eigenvalue weighted by Gasteiger charge is -2.16. The van der Waals surface area contributed by atoms with Gasteiger partial charge < -0.3 is 10.6 Å². The van der Waals surface area contributed by atoms with Crippen molar-refractivity contribution >= 4 is 17.8 Å². The molecule has 2 N–H and O–H groups in total. The number of benzene rings is 1. The maximum atomic E-state index is 13.6. The molecule has 0 aromatic heterocycles. The normalized spacial score (nSPS) is 15.5. The second kappa shape index (κ2) is 8.42. The number of halogens is 1. The van der Waals surface area contributed by atoms with Crippen LogP contribution in [0.2, 0.25) is 0 Å². The van der Waals surface area contributed by atoms with Gasteiger partial charge in [0, 0.05) is 32.0 Å². The summed E-state index contributed by atoms with van der Waals surface area (Å²) in [5, 5.41) is 5.41. The maximum Gasteiger partial charge on any atom is 0.315 e. The average Bonchev–Trinajstić information content (AvgIpc) is 2.85. The van der Waals surface area contributed by atoms with Crippen LogP contribution in [0.1, 0.15) is 31.7 Å². The van der Waals surface area contributed by atoms with E-state index in [1.807, 2.05) is 0 Å². The zero-order valence-corrected chi connectivity index (χ0v) is 13.7. The van der Waals surface area contributed by atoms with Gasteiger partial charge in [0.05, 0.1) is 0 Å². The van der Waals surface area contributed by atoms with Crippen molar-refractivity contribution in [2.45, 2.75) is 38.6 Å². The second-order valence-corrected chi connectivity index (χ2v) is 5.89. The van der Waals surface area contributed by atoms with Crippen molar-refractivity contribution in [3.63, 3.8) is 0 Å². The summed E-state index contributed by atoms with van der Waals surface area (Å²) >= 11 is 0. The molecule has 0 saturated carbocycles. The van der Waals surface area contributed by atoms with Gasteiger partial charge in [-0.05, 0) is 31.4 Å². The van der Waals surface area contributed by atoms with E-state index in [2.05, 4.69) is 10.6 Å². The summed E-state index contributed by atoms with van der Waals surface area (Å²) in [7, 11) is 0. The molecule has 7 heteroatoms. The minimum atomic E-state index is -0.349. The number of rotatable bonds is 7. The number of carbonyl (C=O) groups excluding carboxylic acids is 3. The van der Waals surface area contributed by atoms with Crippen LogP contribution in [0.5, 0.6) is 0 Å². The summed E-state index contributed by atoms with van der Waals surface area (Å²) in [5.74, 6) is -0.586. The molecule has 1 saturated heterocycles. The summed E-state index contributed by atoms with van der Waals surface area (Å²) in [6.45, 7) is 2.48. The molecular weight excluding hydrogens is 313 g/mol. The fraction of sp³-hybridized carbons (Fsp3) is 0.471. The van der Waals surface area contributed by atoms with Crippen LogP contribution in [0.25, 0.3) is 0 Å². The van der Waals surface area contributed by atoms with Crippen LogP contribution >= 0.6 is 0 Å². The van der Waals surface area contributed by atoms with E-state index in [4.69, 9.17) is 0 Å². The Morgan fingerprint density at radius 2 is 1.92 bits per heavy atom. The highest BCUT2D eigenvalue weighted by Crippen LogP contribution is 2.11. The van der Waals surface area contributed by atoms with E-state index < -0.39 is 0 Å². The molecule has 1 aliphatic rings. The van der Waals surface area contributed by atoms with E-state index >= 15 is 0 Å². The largest absolute Gasteiger partial charge is 0.338 e. The number of likely N-dealkylation sites (tertiary alicyclic amines) is 1. The van der Waals surface area contributed by atoms with Gasteiger partial charge in [-0.15, -0.1) is 0 Å². The fourth-order valence-corrected chi connectivity index (χ4v) is 2.63. The second-order valence-electron chi connectivity index (χ2n) is 5.89. The third kappa shape index (κ3) is 5.04. The van der Waals surface area contributed by atoms with Crippen LogP contribution in [0.3, 0.4) is 0 Å². The van der Waals surface area contributed by atoms with Crippen molar-refractivity contribution in [3.8, 4) is 0 Å². The number of nitrogens with one attached hydrogen (secondary N) is 2. The van der Waals surface area contributed by atoms with E-state index in [0.29, 0.717) is 31.5 Å². The Hall–Kier alpha value is -2.44. The summed E-state index contributed by atoms with van der Waals surface area (Å²) in [4.78, 5) is 35.9. The highest BCUT2D eigenvalue weighted by atomic mass is 19.1. The van der Waals surface area contributed by atoms with Gasteiger partial charge in [0.25, 0.3) is 0 Å². The average molecular weight is 335 g/mol. The Morgan fingerprint density at radius 3 is 2.58 bits per heavy atom. The molecule has 0 unspecified atom stereocenters. The van der Waals surface area contributed by atoms with E-state index in [1.165, 1.54) is 11.0 Å². The van der Waals surface area contributed by atoms with Crippen molar-refractivity contribution in [2.24, 2.45) is 0 Å². The molecule has 130 valence electrons. The lowest BCUT2D eigenvalue weighted by molar-refractivity contribution is -0.138. The number of hydrogen-bond acceptors (Lipinski definition) is 3. The van der Waals surface area contributed by atoms with Gasteiger partial charge in [-0.2, -0.15) is 0 Å². The minimum absolute atomic E-state index is 0.150. The number of nitrogens with zero attached hydrogens (tertiary/aromatic N) is 1. The maximum absolute atomic E-state index is 13.6. The van der Waals surface area contributed by atoms with Crippen LogP contribution in [-0.4, -0.2) is 41.9 Å². The molecule has 4 amide bonds. The molecular formula is C17H22FN3O3. The topological polar surface area (TPSA) is 78.5 Å². The van der Waals surface area contributed by atoms with Crippen LogP contribution < -0.4 is 10.6 Å². The van der Waals surface area contributed by atoms with Crippen LogP contribution in [0, 0.1) is 5.82 Å². The molecule has 1 fully saturated rings. The lowest BCUT2D eigenvalue weighted by Crippen LogP contribution is -2.42. The molecule has 1 aromatic rings. The summed E-state index contributed by atoms with van der Waals surface area (Å²) < 4.78 is 13.6. The highest BCUT2D eigenvalue weighted by molar-refractivity contribution is 6.01. The van der Waals surface area contributed by atoms with Gasteiger partial charge >= 0.3 is 6.03 Å². The number of urea groups is 1. The summed E-state index contributed by atoms with van der Waals surface area (Å²) in [6, 6.07) is 5.89. The molecule has 1 heterocycles. The number of carbonyl (C=O) groups is 3. The van der Waals surface area contributed by atoms with Crippen molar-refractivity contribution in [1.29, 1.82) is 0 Å². The summed E-state index contributed by atoms with van der Waals surface area (Å²) in [6.07, 6.45) is 1.46. The Balaban J connectivity index is 1.65. The molecule has 2 rings (SSSR count). The van der Waals surface area contributed by atoms with Crippen molar-refractivity contribution in [1.82, 2.24) is 15.5 Å². The molecule has 1 aliphatic heterocycles. The quantitative estimate of drug-likeness (QED) is 0.587. The SMILES string of the molecule is C[C@@H](Cc1ccccc1F)NC(=O)NCCCN1C(=O)CCC1=O. The van der Waals surface area contributed by atoms with Gasteiger partial charge in [0.1, 0.15) is 5.82 Å². The van der Waals surface area contributed by atoms with Crippen LogP contribution in [0.4, 0.5) is 9.18 Å². The molecule has 0 spiro atoms. The number of imide groups is 1. The van der Waals surface area contributed by atoms with Gasteiger partial charge in [-0.3, -0.25) is 14.5 Å². The van der Waals surface area contributed by atoms with Gasteiger partial charge in [-0.25, -0.2) is 9.18 Å². The Bertz CT molecular complexity index is 605. The molecule has 0 bridgehead atoms. The molecule has 1 atom stereocenters. The van der Waals surface area contributed by atoms with Crippen LogP contribution in [0.15, 0.2) is 24.3 Å². The zero-order chi connectivity index (χ0) is 17.5. The van der Waals surface area contributed by atoms with Crippen LogP contribution in [-0.2, 0) is 16.0 Å². The minimum Gasteiger partial charge on any atom is -0.338 e. The molecule has 24 heavy (non-hydrogen) atoms. The predicted octanol–water partition coefficient (Wildman–Crippen LogP) is 1.60. The van der Waals surface area contributed by atoms with E-state index in [-0.39, 0.29) is 42.5 Å². The fourth-order valence-electron chi connectivity index (χ4n) is 2.63. The lowest BCUT2D eigenvalue weighted by atomic mass is 10.1.